The molecule has 0 aliphatic carbocycles. The molecule has 19 heavy (non-hydrogen) atoms. The van der Waals surface area contributed by atoms with Crippen LogP contribution in [0.25, 0.3) is 0 Å². The summed E-state index contributed by atoms with van der Waals surface area (Å²) in [5.74, 6) is 0.801. The van der Waals surface area contributed by atoms with E-state index in [4.69, 9.17) is 0 Å². The second kappa shape index (κ2) is 6.42. The van der Waals surface area contributed by atoms with Crippen LogP contribution in [-0.2, 0) is 6.54 Å². The fourth-order valence-corrected chi connectivity index (χ4v) is 3.09. The summed E-state index contributed by atoms with van der Waals surface area (Å²) >= 11 is 0. The van der Waals surface area contributed by atoms with Gasteiger partial charge in [0.25, 0.3) is 0 Å². The summed E-state index contributed by atoms with van der Waals surface area (Å²) in [6, 6.07) is 7.59. The van der Waals surface area contributed by atoms with Crippen LogP contribution in [0.2, 0.25) is 0 Å². The molecule has 2 heteroatoms. The lowest BCUT2D eigenvalue weighted by Gasteiger charge is -2.40. The molecule has 1 aliphatic heterocycles. The van der Waals surface area contributed by atoms with E-state index in [2.05, 4.69) is 56.1 Å². The smallest absolute Gasteiger partial charge is 0.0398 e. The van der Waals surface area contributed by atoms with Gasteiger partial charge in [0.15, 0.2) is 0 Å². The van der Waals surface area contributed by atoms with Crippen molar-refractivity contribution in [1.29, 1.82) is 0 Å². The molecule has 0 spiro atoms. The monoisotopic (exact) mass is 260 g/mol. The highest BCUT2D eigenvalue weighted by atomic mass is 15.2. The molecule has 1 saturated heterocycles. The first-order valence-corrected chi connectivity index (χ1v) is 7.70. The van der Waals surface area contributed by atoms with E-state index in [-0.39, 0.29) is 0 Å². The van der Waals surface area contributed by atoms with Crippen molar-refractivity contribution >= 4 is 5.69 Å². The van der Waals surface area contributed by atoms with Gasteiger partial charge in [-0.25, -0.2) is 0 Å². The van der Waals surface area contributed by atoms with Gasteiger partial charge in [-0.05, 0) is 56.3 Å². The number of nitrogens with zero attached hydrogens (tertiary/aromatic N) is 1. The molecule has 1 aromatic carbocycles. The molecule has 1 fully saturated rings. The zero-order chi connectivity index (χ0) is 13.8. The van der Waals surface area contributed by atoms with Gasteiger partial charge in [-0.2, -0.15) is 0 Å². The number of benzene rings is 1. The molecular formula is C17H28N2. The molecule has 2 rings (SSSR count). The van der Waals surface area contributed by atoms with Crippen LogP contribution in [0, 0.1) is 12.8 Å². The maximum absolute atomic E-state index is 3.39. The van der Waals surface area contributed by atoms with Crippen molar-refractivity contribution < 1.29 is 0 Å². The number of hydrogen-bond donors (Lipinski definition) is 1. The molecule has 2 atom stereocenters. The molecule has 0 saturated carbocycles. The Kier molecular flexibility index (Phi) is 4.87. The fourth-order valence-electron chi connectivity index (χ4n) is 3.09. The quantitative estimate of drug-likeness (QED) is 0.887. The minimum atomic E-state index is 0.659. The average molecular weight is 260 g/mol. The Balaban J connectivity index is 2.15. The molecule has 1 aromatic rings. The molecule has 0 bridgehead atoms. The number of hydrogen-bond acceptors (Lipinski definition) is 2. The number of nitrogens with one attached hydrogen (secondary N) is 1. The Labute approximate surface area is 118 Å². The van der Waals surface area contributed by atoms with Gasteiger partial charge in [-0.15, -0.1) is 0 Å². The van der Waals surface area contributed by atoms with Crippen LogP contribution in [0.5, 0.6) is 0 Å². The molecule has 2 nitrogen and oxygen atoms in total. The minimum absolute atomic E-state index is 0.659. The second-order valence-corrected chi connectivity index (χ2v) is 5.95. The largest absolute Gasteiger partial charge is 0.368 e. The highest BCUT2D eigenvalue weighted by molar-refractivity contribution is 5.55. The normalized spacial score (nSPS) is 23.7. The molecule has 2 unspecified atom stereocenters. The molecule has 106 valence electrons. The van der Waals surface area contributed by atoms with Gasteiger partial charge in [0.05, 0.1) is 0 Å². The summed E-state index contributed by atoms with van der Waals surface area (Å²) in [5, 5.41) is 3.39. The van der Waals surface area contributed by atoms with Crippen molar-refractivity contribution in [2.75, 3.05) is 18.0 Å². The fraction of sp³-hybridized carbons (Fsp3) is 0.647. The third-order valence-corrected chi connectivity index (χ3v) is 4.52. The van der Waals surface area contributed by atoms with Crippen LogP contribution in [0.1, 0.15) is 44.7 Å². The van der Waals surface area contributed by atoms with Crippen molar-refractivity contribution in [3.05, 3.63) is 29.3 Å². The Morgan fingerprint density at radius 1 is 1.32 bits per heavy atom. The van der Waals surface area contributed by atoms with Crippen LogP contribution in [0.4, 0.5) is 5.69 Å². The number of anilines is 1. The van der Waals surface area contributed by atoms with Gasteiger partial charge < -0.3 is 10.2 Å². The lowest BCUT2D eigenvalue weighted by Crippen LogP contribution is -2.42. The first-order valence-electron chi connectivity index (χ1n) is 7.70. The van der Waals surface area contributed by atoms with Crippen LogP contribution in [-0.4, -0.2) is 19.1 Å². The number of aryl methyl sites for hydroxylation is 1. The molecule has 1 heterocycles. The van der Waals surface area contributed by atoms with Gasteiger partial charge in [-0.1, -0.05) is 26.0 Å². The summed E-state index contributed by atoms with van der Waals surface area (Å²) in [5.41, 5.74) is 4.23. The molecule has 0 radical (unpaired) electrons. The van der Waals surface area contributed by atoms with E-state index in [0.29, 0.717) is 6.04 Å². The van der Waals surface area contributed by atoms with Crippen molar-refractivity contribution in [1.82, 2.24) is 5.32 Å². The van der Waals surface area contributed by atoms with E-state index >= 15 is 0 Å². The lowest BCUT2D eigenvalue weighted by atomic mass is 9.91. The zero-order valence-corrected chi connectivity index (χ0v) is 12.9. The predicted molar refractivity (Wildman–Crippen MR) is 83.8 cm³/mol. The highest BCUT2D eigenvalue weighted by Crippen LogP contribution is 2.30. The third-order valence-electron chi connectivity index (χ3n) is 4.52. The van der Waals surface area contributed by atoms with Crippen molar-refractivity contribution in [2.24, 2.45) is 5.92 Å². The summed E-state index contributed by atoms with van der Waals surface area (Å²) in [6.07, 6.45) is 2.69. The topological polar surface area (TPSA) is 15.3 Å². The Morgan fingerprint density at radius 2 is 2.11 bits per heavy atom. The standard InChI is InChI=1S/C17H28N2/c1-5-18-12-16-8-9-17(14(3)11-16)19-10-6-7-13(2)15(19)4/h8-9,11,13,15,18H,5-7,10,12H2,1-4H3. The van der Waals surface area contributed by atoms with Gasteiger partial charge in [0.2, 0.25) is 0 Å². The summed E-state index contributed by atoms with van der Waals surface area (Å²) in [7, 11) is 0. The van der Waals surface area contributed by atoms with E-state index in [1.807, 2.05) is 0 Å². The lowest BCUT2D eigenvalue weighted by molar-refractivity contribution is 0.363. The maximum atomic E-state index is 3.39. The molecule has 1 N–H and O–H groups in total. The van der Waals surface area contributed by atoms with Gasteiger partial charge in [0.1, 0.15) is 0 Å². The summed E-state index contributed by atoms with van der Waals surface area (Å²) in [4.78, 5) is 2.60. The number of piperidine rings is 1. The average Bonchev–Trinajstić information content (AvgIpc) is 2.40. The Hall–Kier alpha value is -1.02. The SMILES string of the molecule is CCNCc1ccc(N2CCCC(C)C2C)c(C)c1. The molecular weight excluding hydrogens is 232 g/mol. The van der Waals surface area contributed by atoms with E-state index < -0.39 is 0 Å². The summed E-state index contributed by atoms with van der Waals surface area (Å²) < 4.78 is 0. The van der Waals surface area contributed by atoms with Crippen LogP contribution >= 0.6 is 0 Å². The van der Waals surface area contributed by atoms with Crippen LogP contribution in [0.15, 0.2) is 18.2 Å². The van der Waals surface area contributed by atoms with Gasteiger partial charge >= 0.3 is 0 Å². The van der Waals surface area contributed by atoms with E-state index in [0.717, 1.165) is 19.0 Å². The molecule has 0 aromatic heterocycles. The Bertz CT molecular complexity index is 414. The van der Waals surface area contributed by atoms with Crippen molar-refractivity contribution in [2.45, 2.75) is 53.1 Å². The van der Waals surface area contributed by atoms with Crippen molar-refractivity contribution in [3.63, 3.8) is 0 Å². The third kappa shape index (κ3) is 3.30. The molecule has 1 aliphatic rings. The van der Waals surface area contributed by atoms with Gasteiger partial charge in [-0.3, -0.25) is 0 Å². The van der Waals surface area contributed by atoms with Crippen molar-refractivity contribution in [3.8, 4) is 0 Å². The summed E-state index contributed by atoms with van der Waals surface area (Å²) in [6.45, 7) is 12.4. The first-order chi connectivity index (χ1) is 9.13. The second-order valence-electron chi connectivity index (χ2n) is 5.95. The Morgan fingerprint density at radius 3 is 2.79 bits per heavy atom. The van der Waals surface area contributed by atoms with E-state index in [1.54, 1.807) is 0 Å². The first kappa shape index (κ1) is 14.4. The predicted octanol–water partition coefficient (Wildman–Crippen LogP) is 3.73. The number of rotatable bonds is 4. The molecule has 0 amide bonds. The van der Waals surface area contributed by atoms with Gasteiger partial charge in [0, 0.05) is 24.8 Å². The zero-order valence-electron chi connectivity index (χ0n) is 12.9. The minimum Gasteiger partial charge on any atom is -0.368 e. The van der Waals surface area contributed by atoms with Crippen LogP contribution < -0.4 is 10.2 Å². The van der Waals surface area contributed by atoms with E-state index in [1.165, 1.54) is 36.2 Å². The maximum Gasteiger partial charge on any atom is 0.0398 e. The highest BCUT2D eigenvalue weighted by Gasteiger charge is 2.25. The van der Waals surface area contributed by atoms with E-state index in [9.17, 15) is 0 Å². The van der Waals surface area contributed by atoms with Crippen LogP contribution in [0.3, 0.4) is 0 Å².